The summed E-state index contributed by atoms with van der Waals surface area (Å²) in [6, 6.07) is 0. The molecule has 1 nitrogen and oxygen atoms in total. The molecular weight excluding hydrogens is 432 g/mol. The standard InChI is InChI=1S/In.O.Sn.2Zr/q+3;-2;3*+4. The summed E-state index contributed by atoms with van der Waals surface area (Å²) < 4.78 is 0. The molecule has 0 bridgehead atoms. The number of hydrogen-bond donors (Lipinski definition) is 0. The molecule has 0 N–H and O–H groups in total. The molecule has 0 heterocycles. The Kier molecular flexibility index (Phi) is 209. The molecule has 0 amide bonds. The van der Waals surface area contributed by atoms with Gasteiger partial charge in [-0.2, -0.15) is 0 Å². The summed E-state index contributed by atoms with van der Waals surface area (Å²) in [6.45, 7) is 0. The first-order valence-corrected chi connectivity index (χ1v) is 0. The van der Waals surface area contributed by atoms with Gasteiger partial charge < -0.3 is 5.48 Å². The van der Waals surface area contributed by atoms with Crippen molar-refractivity contribution in [2.75, 3.05) is 0 Å². The third-order valence-corrected chi connectivity index (χ3v) is 0. The molecule has 0 saturated heterocycles. The summed E-state index contributed by atoms with van der Waals surface area (Å²) in [5.74, 6) is 0. The smallest absolute Gasteiger partial charge is 2.00 e. The largest absolute Gasteiger partial charge is 4.00 e. The molecule has 0 unspecified atom stereocenters. The van der Waals surface area contributed by atoms with Gasteiger partial charge >= 0.3 is 102 Å². The minimum absolute atomic E-state index is 0. The van der Waals surface area contributed by atoms with Gasteiger partial charge in [-0.25, -0.2) is 0 Å². The molecule has 0 aliphatic rings. The van der Waals surface area contributed by atoms with Crippen LogP contribution in [0.3, 0.4) is 0 Å². The van der Waals surface area contributed by atoms with Gasteiger partial charge in [-0.05, 0) is 0 Å². The zero-order valence-electron chi connectivity index (χ0n) is 2.49. The summed E-state index contributed by atoms with van der Waals surface area (Å²) in [5.41, 5.74) is 0. The average Bonchev–Trinajstić information content (AvgIpc) is 0. The minimum atomic E-state index is 0. The second-order valence-electron chi connectivity index (χ2n) is 0. The van der Waals surface area contributed by atoms with Gasteiger partial charge in [0.1, 0.15) is 0 Å². The van der Waals surface area contributed by atoms with E-state index in [4.69, 9.17) is 0 Å². The van der Waals surface area contributed by atoms with Gasteiger partial charge in [-0.3, -0.25) is 0 Å². The van der Waals surface area contributed by atoms with Crippen LogP contribution in [0.15, 0.2) is 0 Å². The maximum absolute atomic E-state index is 0. The Bertz CT molecular complexity index is 9.61. The molecule has 0 radical (unpaired) electrons. The van der Waals surface area contributed by atoms with Crippen molar-refractivity contribution in [3.05, 3.63) is 0 Å². The predicted octanol–water partition coefficient (Wildman–Crippen LogP) is -0.885. The molecule has 0 aromatic carbocycles. The van der Waals surface area contributed by atoms with Crippen molar-refractivity contribution in [2.45, 2.75) is 0 Å². The van der Waals surface area contributed by atoms with Gasteiger partial charge in [-0.15, -0.1) is 0 Å². The van der Waals surface area contributed by atoms with Crippen LogP contribution < -0.4 is 0 Å². The predicted molar refractivity (Wildman–Crippen MR) is 12.2 cm³/mol. The fourth-order valence-electron chi connectivity index (χ4n) is 0. The first kappa shape index (κ1) is 39.8. The van der Waals surface area contributed by atoms with Gasteiger partial charge in [0.25, 0.3) is 0 Å². The summed E-state index contributed by atoms with van der Waals surface area (Å²) >= 11 is 0. The van der Waals surface area contributed by atoms with E-state index in [1.54, 1.807) is 0 Å². The van der Waals surface area contributed by atoms with E-state index in [1.165, 1.54) is 0 Å². The maximum Gasteiger partial charge on any atom is 4.00 e. The molecule has 5 heteroatoms. The van der Waals surface area contributed by atoms with E-state index in [0.717, 1.165) is 0 Å². The van der Waals surface area contributed by atoms with E-state index < -0.39 is 0 Å². The molecule has 5 heavy (non-hydrogen) atoms. The Morgan fingerprint density at radius 1 is 0.800 bits per heavy atom. The summed E-state index contributed by atoms with van der Waals surface area (Å²) in [4.78, 5) is 0. The second-order valence-corrected chi connectivity index (χ2v) is 0. The van der Waals surface area contributed by atoms with Crippen LogP contribution in [0.5, 0.6) is 0 Å². The van der Waals surface area contributed by atoms with Gasteiger partial charge in [0.2, 0.25) is 0 Å². The molecule has 0 aromatic heterocycles. The van der Waals surface area contributed by atoms with Crippen LogP contribution in [0.1, 0.15) is 0 Å². The van der Waals surface area contributed by atoms with Crippen LogP contribution in [0, 0.1) is 0 Å². The van der Waals surface area contributed by atoms with Crippen molar-refractivity contribution in [3.63, 3.8) is 0 Å². The van der Waals surface area contributed by atoms with Gasteiger partial charge in [-0.1, -0.05) is 0 Å². The van der Waals surface area contributed by atoms with Crippen LogP contribution >= 0.6 is 0 Å². The van der Waals surface area contributed by atoms with Crippen molar-refractivity contribution >= 4 is 49.8 Å². The second kappa shape index (κ2) is 26.2. The number of hydrogen-bond acceptors (Lipinski definition) is 0. The summed E-state index contributed by atoms with van der Waals surface area (Å²) in [5, 5.41) is 0. The van der Waals surface area contributed by atoms with Crippen molar-refractivity contribution < 1.29 is 57.9 Å². The fraction of sp³-hybridized carbons (Fsp3) is 0. The molecule has 8 valence electrons. The third kappa shape index (κ3) is 18.7. The Balaban J connectivity index is 0. The minimum Gasteiger partial charge on any atom is -2.00 e. The molecule has 0 aliphatic carbocycles. The van der Waals surface area contributed by atoms with Crippen molar-refractivity contribution in [1.29, 1.82) is 0 Å². The Hall–Kier alpha value is 3.40. The Morgan fingerprint density at radius 3 is 0.800 bits per heavy atom. The molecule has 0 aliphatic heterocycles. The fourth-order valence-corrected chi connectivity index (χ4v) is 0. The topological polar surface area (TPSA) is 28.5 Å². The van der Waals surface area contributed by atoms with E-state index in [-0.39, 0.29) is 108 Å². The third-order valence-electron chi connectivity index (χ3n) is 0. The van der Waals surface area contributed by atoms with Crippen LogP contribution in [0.4, 0.5) is 0 Å². The van der Waals surface area contributed by atoms with E-state index in [9.17, 15) is 0 Å². The van der Waals surface area contributed by atoms with Crippen molar-refractivity contribution in [3.8, 4) is 0 Å². The number of rotatable bonds is 0. The Morgan fingerprint density at radius 2 is 0.800 bits per heavy atom. The SMILES string of the molecule is [In+3].[O-2].[Sn+4].[Zr+4].[Zr+4]. The summed E-state index contributed by atoms with van der Waals surface area (Å²) in [6.07, 6.45) is 0. The molecule has 0 fully saturated rings. The first-order valence-electron chi connectivity index (χ1n) is 0. The van der Waals surface area contributed by atoms with Crippen LogP contribution in [-0.4, -0.2) is 49.8 Å². The van der Waals surface area contributed by atoms with E-state index in [1.807, 2.05) is 0 Å². The molecule has 0 spiro atoms. The normalized spacial score (nSPS) is 0. The van der Waals surface area contributed by atoms with Crippen molar-refractivity contribution in [1.82, 2.24) is 0 Å². The van der Waals surface area contributed by atoms with E-state index in [0.29, 0.717) is 0 Å². The van der Waals surface area contributed by atoms with Gasteiger partial charge in [0.05, 0.1) is 0 Å². The van der Waals surface area contributed by atoms with E-state index >= 15 is 0 Å². The summed E-state index contributed by atoms with van der Waals surface area (Å²) in [7, 11) is 0. The molecular formula is InOSnZr2+13. The molecule has 0 aromatic rings. The first-order chi connectivity index (χ1) is 0. The van der Waals surface area contributed by atoms with Gasteiger partial charge in [0, 0.05) is 0 Å². The van der Waals surface area contributed by atoms with Crippen LogP contribution in [0.25, 0.3) is 0 Å². The maximum atomic E-state index is 0. The van der Waals surface area contributed by atoms with E-state index in [2.05, 4.69) is 0 Å². The van der Waals surface area contributed by atoms with Crippen molar-refractivity contribution in [2.24, 2.45) is 0 Å². The quantitative estimate of drug-likeness (QED) is 0.445. The van der Waals surface area contributed by atoms with Gasteiger partial charge in [0.15, 0.2) is 0 Å². The zero-order chi connectivity index (χ0) is 0. The zero-order valence-corrected chi connectivity index (χ0v) is 13.6. The van der Waals surface area contributed by atoms with Crippen LogP contribution in [-0.2, 0) is 57.9 Å². The molecule has 0 atom stereocenters. The Labute approximate surface area is 105 Å². The monoisotopic (exact) mass is 431 g/mol. The molecule has 0 saturated carbocycles. The molecule has 0 rings (SSSR count). The van der Waals surface area contributed by atoms with Crippen LogP contribution in [0.2, 0.25) is 0 Å². The average molecular weight is 432 g/mol.